The molecule has 0 saturated carbocycles. The summed E-state index contributed by atoms with van der Waals surface area (Å²) >= 11 is 0. The molecule has 3 aromatic rings. The fraction of sp³-hybridized carbons (Fsp3) is 0.240. The van der Waals surface area contributed by atoms with Crippen molar-refractivity contribution in [3.05, 3.63) is 108 Å². The van der Waals surface area contributed by atoms with Crippen molar-refractivity contribution < 1.29 is 0 Å². The molecule has 2 heteroatoms. The van der Waals surface area contributed by atoms with Crippen LogP contribution in [0.5, 0.6) is 0 Å². The summed E-state index contributed by atoms with van der Waals surface area (Å²) in [5.41, 5.74) is 3.91. The van der Waals surface area contributed by atoms with Crippen LogP contribution in [0.2, 0.25) is 0 Å². The largest absolute Gasteiger partial charge is 0.364 e. The van der Waals surface area contributed by atoms with Crippen molar-refractivity contribution in [3.63, 3.8) is 0 Å². The van der Waals surface area contributed by atoms with E-state index in [0.29, 0.717) is 0 Å². The lowest BCUT2D eigenvalue weighted by Crippen LogP contribution is -2.30. The predicted octanol–water partition coefficient (Wildman–Crippen LogP) is 5.84. The SMILES string of the molecule is CC(C)(CC1=N[C@@H](c2ccccc2)[C@@H](c2ccccc2)N1)c1ccccc1. The molecule has 1 aliphatic rings. The fourth-order valence-corrected chi connectivity index (χ4v) is 3.89. The molecule has 0 aromatic heterocycles. The molecule has 2 nitrogen and oxygen atoms in total. The summed E-state index contributed by atoms with van der Waals surface area (Å²) in [6.07, 6.45) is 0.893. The molecule has 3 aromatic carbocycles. The number of nitrogens with zero attached hydrogens (tertiary/aromatic N) is 1. The second-order valence-corrected chi connectivity index (χ2v) is 7.89. The van der Waals surface area contributed by atoms with E-state index in [1.165, 1.54) is 16.7 Å². The fourth-order valence-electron chi connectivity index (χ4n) is 3.89. The van der Waals surface area contributed by atoms with Crippen LogP contribution < -0.4 is 5.32 Å². The van der Waals surface area contributed by atoms with E-state index in [4.69, 9.17) is 4.99 Å². The van der Waals surface area contributed by atoms with Gasteiger partial charge < -0.3 is 5.32 Å². The van der Waals surface area contributed by atoms with Crippen LogP contribution in [0.25, 0.3) is 0 Å². The molecule has 1 heterocycles. The maximum absolute atomic E-state index is 5.13. The van der Waals surface area contributed by atoms with Crippen LogP contribution in [0.4, 0.5) is 0 Å². The number of rotatable bonds is 5. The molecule has 0 aliphatic carbocycles. The zero-order valence-electron chi connectivity index (χ0n) is 16.0. The lowest BCUT2D eigenvalue weighted by atomic mass is 9.81. The van der Waals surface area contributed by atoms with E-state index in [-0.39, 0.29) is 17.5 Å². The summed E-state index contributed by atoms with van der Waals surface area (Å²) in [7, 11) is 0. The molecule has 0 unspecified atom stereocenters. The maximum Gasteiger partial charge on any atom is 0.101 e. The van der Waals surface area contributed by atoms with E-state index < -0.39 is 0 Å². The molecule has 27 heavy (non-hydrogen) atoms. The molecule has 0 saturated heterocycles. The van der Waals surface area contributed by atoms with Gasteiger partial charge in [0.05, 0.1) is 11.9 Å². The van der Waals surface area contributed by atoms with E-state index in [1.54, 1.807) is 0 Å². The minimum absolute atomic E-state index is 0.0277. The first-order valence-corrected chi connectivity index (χ1v) is 9.62. The number of hydrogen-bond acceptors (Lipinski definition) is 2. The predicted molar refractivity (Wildman–Crippen MR) is 113 cm³/mol. The lowest BCUT2D eigenvalue weighted by molar-refractivity contribution is 0.536. The zero-order valence-corrected chi connectivity index (χ0v) is 16.0. The molecule has 136 valence electrons. The van der Waals surface area contributed by atoms with Gasteiger partial charge in [0.2, 0.25) is 0 Å². The Morgan fingerprint density at radius 3 is 1.85 bits per heavy atom. The molecular weight excluding hydrogens is 328 g/mol. The van der Waals surface area contributed by atoms with Crippen LogP contribution in [0.15, 0.2) is 96.0 Å². The molecule has 1 N–H and O–H groups in total. The van der Waals surface area contributed by atoms with Crippen molar-refractivity contribution in [1.29, 1.82) is 0 Å². The minimum Gasteiger partial charge on any atom is -0.364 e. The number of hydrogen-bond donors (Lipinski definition) is 1. The summed E-state index contributed by atoms with van der Waals surface area (Å²) in [5.74, 6) is 1.09. The number of benzene rings is 3. The monoisotopic (exact) mass is 354 g/mol. The Morgan fingerprint density at radius 1 is 0.741 bits per heavy atom. The summed E-state index contributed by atoms with van der Waals surface area (Å²) < 4.78 is 0. The molecule has 0 amide bonds. The normalized spacial score (nSPS) is 19.4. The van der Waals surface area contributed by atoms with Gasteiger partial charge in [-0.25, -0.2) is 0 Å². The van der Waals surface area contributed by atoms with Crippen molar-refractivity contribution in [2.75, 3.05) is 0 Å². The van der Waals surface area contributed by atoms with Crippen molar-refractivity contribution in [1.82, 2.24) is 5.32 Å². The van der Waals surface area contributed by atoms with E-state index in [0.717, 1.165) is 12.3 Å². The van der Waals surface area contributed by atoms with Gasteiger partial charge in [0.1, 0.15) is 6.04 Å². The van der Waals surface area contributed by atoms with Gasteiger partial charge in [0.25, 0.3) is 0 Å². The van der Waals surface area contributed by atoms with Gasteiger partial charge in [-0.05, 0) is 22.1 Å². The first-order valence-electron chi connectivity index (χ1n) is 9.62. The van der Waals surface area contributed by atoms with Crippen LogP contribution >= 0.6 is 0 Å². The Hall–Kier alpha value is -2.87. The number of aliphatic imine (C=N–C) groups is 1. The highest BCUT2D eigenvalue weighted by molar-refractivity contribution is 5.86. The molecule has 2 atom stereocenters. The first kappa shape index (κ1) is 17.5. The highest BCUT2D eigenvalue weighted by Crippen LogP contribution is 2.38. The van der Waals surface area contributed by atoms with Crippen LogP contribution in [-0.4, -0.2) is 5.84 Å². The molecule has 0 spiro atoms. The topological polar surface area (TPSA) is 24.4 Å². The van der Waals surface area contributed by atoms with Gasteiger partial charge in [0.15, 0.2) is 0 Å². The molecule has 0 bridgehead atoms. The summed E-state index contributed by atoms with van der Waals surface area (Å²) in [6.45, 7) is 4.58. The minimum atomic E-state index is 0.0277. The average Bonchev–Trinajstić information content (AvgIpc) is 3.13. The quantitative estimate of drug-likeness (QED) is 0.612. The maximum atomic E-state index is 5.13. The third-order valence-electron chi connectivity index (χ3n) is 5.40. The Bertz CT molecular complexity index is 899. The van der Waals surface area contributed by atoms with Gasteiger partial charge in [0, 0.05) is 6.42 Å². The Morgan fingerprint density at radius 2 is 1.26 bits per heavy atom. The standard InChI is InChI=1S/C25H26N2/c1-25(2,21-16-10-5-11-17-21)18-22-26-23(19-12-6-3-7-13-19)24(27-22)20-14-8-4-9-15-20/h3-17,23-24H,18H2,1-2H3,(H,26,27)/t23-,24+. The van der Waals surface area contributed by atoms with Gasteiger partial charge in [-0.3, -0.25) is 4.99 Å². The molecular formula is C25H26N2. The Labute approximate surface area is 162 Å². The molecule has 1 aliphatic heterocycles. The number of amidine groups is 1. The van der Waals surface area contributed by atoms with E-state index in [2.05, 4.69) is 110 Å². The molecule has 0 fully saturated rings. The van der Waals surface area contributed by atoms with E-state index in [1.807, 2.05) is 0 Å². The van der Waals surface area contributed by atoms with Crippen molar-refractivity contribution in [3.8, 4) is 0 Å². The van der Waals surface area contributed by atoms with E-state index >= 15 is 0 Å². The number of nitrogens with one attached hydrogen (secondary N) is 1. The van der Waals surface area contributed by atoms with Gasteiger partial charge in [-0.1, -0.05) is 105 Å². The highest BCUT2D eigenvalue weighted by Gasteiger charge is 2.33. The van der Waals surface area contributed by atoms with Gasteiger partial charge in [-0.2, -0.15) is 0 Å². The lowest BCUT2D eigenvalue weighted by Gasteiger charge is -2.26. The highest BCUT2D eigenvalue weighted by atomic mass is 15.1. The smallest absolute Gasteiger partial charge is 0.101 e. The second-order valence-electron chi connectivity index (χ2n) is 7.89. The average molecular weight is 354 g/mol. The molecule has 0 radical (unpaired) electrons. The van der Waals surface area contributed by atoms with Crippen molar-refractivity contribution >= 4 is 5.84 Å². The summed E-state index contributed by atoms with van der Waals surface area (Å²) in [5, 5.41) is 3.73. The summed E-state index contributed by atoms with van der Waals surface area (Å²) in [4.78, 5) is 5.13. The zero-order chi connectivity index (χ0) is 18.7. The van der Waals surface area contributed by atoms with E-state index in [9.17, 15) is 0 Å². The Kier molecular flexibility index (Phi) is 4.81. The van der Waals surface area contributed by atoms with Crippen molar-refractivity contribution in [2.24, 2.45) is 4.99 Å². The third kappa shape index (κ3) is 3.80. The third-order valence-corrected chi connectivity index (χ3v) is 5.40. The Balaban J connectivity index is 1.64. The van der Waals surface area contributed by atoms with Crippen LogP contribution in [-0.2, 0) is 5.41 Å². The van der Waals surface area contributed by atoms with Gasteiger partial charge in [-0.15, -0.1) is 0 Å². The van der Waals surface area contributed by atoms with Crippen LogP contribution in [0, 0.1) is 0 Å². The second kappa shape index (κ2) is 7.40. The van der Waals surface area contributed by atoms with Crippen molar-refractivity contribution in [2.45, 2.75) is 37.8 Å². The summed E-state index contributed by atoms with van der Waals surface area (Å²) in [6, 6.07) is 32.2. The first-order chi connectivity index (χ1) is 13.1. The van der Waals surface area contributed by atoms with Crippen LogP contribution in [0.1, 0.15) is 49.0 Å². The van der Waals surface area contributed by atoms with Crippen LogP contribution in [0.3, 0.4) is 0 Å². The molecule has 4 rings (SSSR count). The van der Waals surface area contributed by atoms with Gasteiger partial charge >= 0.3 is 0 Å².